The Kier molecular flexibility index (Phi) is 9.36. The zero-order valence-electron chi connectivity index (χ0n) is 22.5. The van der Waals surface area contributed by atoms with Crippen molar-refractivity contribution in [3.05, 3.63) is 53.6 Å². The van der Waals surface area contributed by atoms with Gasteiger partial charge in [-0.25, -0.2) is 13.2 Å². The van der Waals surface area contributed by atoms with Gasteiger partial charge in [0.15, 0.2) is 0 Å². The number of benzene rings is 2. The average molecular weight is 532 g/mol. The number of likely N-dealkylation sites (tertiary alicyclic amines) is 2. The second-order valence-electron chi connectivity index (χ2n) is 11.5. The molecule has 0 aromatic heterocycles. The van der Waals surface area contributed by atoms with Crippen LogP contribution in [0, 0.1) is 17.6 Å². The first-order valence-electron chi connectivity index (χ1n) is 13.7. The highest BCUT2D eigenvalue weighted by molar-refractivity contribution is 5.74. The summed E-state index contributed by atoms with van der Waals surface area (Å²) in [5.74, 6) is -0.411. The molecule has 1 amide bonds. The predicted octanol–water partition coefficient (Wildman–Crippen LogP) is 5.70. The third kappa shape index (κ3) is 7.96. The molecule has 0 saturated carbocycles. The van der Waals surface area contributed by atoms with Crippen LogP contribution in [0.25, 0.3) is 11.1 Å². The van der Waals surface area contributed by atoms with Gasteiger partial charge in [-0.3, -0.25) is 9.69 Å². The van der Waals surface area contributed by atoms with Gasteiger partial charge in [-0.1, -0.05) is 18.6 Å². The number of primary amides is 1. The van der Waals surface area contributed by atoms with Gasteiger partial charge in [0.2, 0.25) is 5.91 Å². The molecule has 208 valence electrons. The van der Waals surface area contributed by atoms with Gasteiger partial charge in [0.1, 0.15) is 23.1 Å². The van der Waals surface area contributed by atoms with E-state index < -0.39 is 17.3 Å². The Bertz CT molecular complexity index is 1100. The first-order chi connectivity index (χ1) is 18.1. The van der Waals surface area contributed by atoms with E-state index in [9.17, 15) is 13.6 Å². The first-order valence-corrected chi connectivity index (χ1v) is 13.7. The summed E-state index contributed by atoms with van der Waals surface area (Å²) in [4.78, 5) is 15.7. The van der Waals surface area contributed by atoms with Crippen LogP contribution in [0.3, 0.4) is 0 Å². The molecule has 5 nitrogen and oxygen atoms in total. The van der Waals surface area contributed by atoms with E-state index in [0.717, 1.165) is 51.7 Å². The van der Waals surface area contributed by atoms with Crippen LogP contribution in [-0.2, 0) is 11.3 Å². The topological polar surface area (TPSA) is 58.8 Å². The lowest BCUT2D eigenvalue weighted by Gasteiger charge is -2.35. The van der Waals surface area contributed by atoms with Gasteiger partial charge in [0.25, 0.3) is 0 Å². The fourth-order valence-corrected chi connectivity index (χ4v) is 5.67. The molecule has 2 heterocycles. The number of ether oxygens (including phenoxy) is 1. The molecule has 2 saturated heterocycles. The molecule has 0 radical (unpaired) electrons. The van der Waals surface area contributed by atoms with E-state index in [4.69, 9.17) is 10.5 Å². The van der Waals surface area contributed by atoms with Gasteiger partial charge in [0.05, 0.1) is 6.61 Å². The van der Waals surface area contributed by atoms with Crippen molar-refractivity contribution in [1.29, 1.82) is 0 Å². The lowest BCUT2D eigenvalue weighted by atomic mass is 9.96. The Morgan fingerprint density at radius 2 is 1.79 bits per heavy atom. The zero-order valence-corrected chi connectivity index (χ0v) is 22.5. The molecule has 2 aromatic carbocycles. The fourth-order valence-electron chi connectivity index (χ4n) is 5.67. The van der Waals surface area contributed by atoms with E-state index in [-0.39, 0.29) is 18.4 Å². The van der Waals surface area contributed by atoms with Crippen molar-refractivity contribution < 1.29 is 22.7 Å². The predicted molar refractivity (Wildman–Crippen MR) is 144 cm³/mol. The second kappa shape index (κ2) is 12.5. The van der Waals surface area contributed by atoms with Crippen molar-refractivity contribution in [3.8, 4) is 16.9 Å². The van der Waals surface area contributed by atoms with E-state index in [1.807, 2.05) is 0 Å². The normalized spacial score (nSPS) is 20.0. The van der Waals surface area contributed by atoms with Gasteiger partial charge in [0, 0.05) is 42.7 Å². The molecule has 0 bridgehead atoms. The minimum absolute atomic E-state index is 0.0279. The molecular formula is C30H40F3N3O2. The van der Waals surface area contributed by atoms with Crippen molar-refractivity contribution in [1.82, 2.24) is 9.80 Å². The van der Waals surface area contributed by atoms with E-state index in [2.05, 4.69) is 9.80 Å². The van der Waals surface area contributed by atoms with Crippen LogP contribution < -0.4 is 10.5 Å². The number of halogens is 3. The Morgan fingerprint density at radius 1 is 1.03 bits per heavy atom. The lowest BCUT2D eigenvalue weighted by molar-refractivity contribution is -0.119. The Hall–Kier alpha value is -2.58. The number of carbonyl (C=O) groups excluding carboxylic acids is 1. The third-order valence-electron chi connectivity index (χ3n) is 7.66. The van der Waals surface area contributed by atoms with Crippen LogP contribution in [0.4, 0.5) is 13.2 Å². The first kappa shape index (κ1) is 28.4. The van der Waals surface area contributed by atoms with E-state index >= 15 is 4.39 Å². The summed E-state index contributed by atoms with van der Waals surface area (Å²) >= 11 is 0. The zero-order chi connectivity index (χ0) is 27.3. The molecule has 2 fully saturated rings. The average Bonchev–Trinajstić information content (AvgIpc) is 2.85. The molecule has 1 unspecified atom stereocenters. The highest BCUT2D eigenvalue weighted by Crippen LogP contribution is 2.30. The van der Waals surface area contributed by atoms with Gasteiger partial charge in [-0.15, -0.1) is 0 Å². The fraction of sp³-hybridized carbons (Fsp3) is 0.567. The summed E-state index contributed by atoms with van der Waals surface area (Å²) in [6.45, 7) is 6.97. The second-order valence-corrected chi connectivity index (χ2v) is 11.5. The van der Waals surface area contributed by atoms with Gasteiger partial charge in [-0.2, -0.15) is 0 Å². The number of nitrogens with two attached hydrogens (primary N) is 1. The summed E-state index contributed by atoms with van der Waals surface area (Å²) in [5, 5.41) is 0. The third-order valence-corrected chi connectivity index (χ3v) is 7.66. The van der Waals surface area contributed by atoms with Crippen LogP contribution in [0.2, 0.25) is 0 Å². The molecule has 2 aliphatic rings. The molecule has 0 aliphatic carbocycles. The van der Waals surface area contributed by atoms with Crippen LogP contribution in [0.1, 0.15) is 57.9 Å². The van der Waals surface area contributed by atoms with Gasteiger partial charge in [-0.05, 0) is 88.8 Å². The lowest BCUT2D eigenvalue weighted by Crippen LogP contribution is -2.41. The molecule has 1 atom stereocenters. The van der Waals surface area contributed by atoms with E-state index in [0.29, 0.717) is 48.1 Å². The number of piperidine rings is 2. The molecule has 4 rings (SSSR count). The minimum Gasteiger partial charge on any atom is -0.493 e. The monoisotopic (exact) mass is 531 g/mol. The minimum atomic E-state index is -1.20. The number of rotatable bonds is 10. The van der Waals surface area contributed by atoms with Crippen LogP contribution in [0.5, 0.6) is 5.75 Å². The largest absolute Gasteiger partial charge is 0.493 e. The number of hydrogen-bond acceptors (Lipinski definition) is 4. The molecule has 2 N–H and O–H groups in total. The van der Waals surface area contributed by atoms with Crippen LogP contribution >= 0.6 is 0 Å². The van der Waals surface area contributed by atoms with Crippen LogP contribution in [0.15, 0.2) is 36.4 Å². The van der Waals surface area contributed by atoms with E-state index in [1.54, 1.807) is 38.1 Å². The number of nitrogens with zero attached hydrogens (tertiary/aromatic N) is 2. The summed E-state index contributed by atoms with van der Waals surface area (Å²) in [5.41, 5.74) is 5.50. The number of amides is 1. The van der Waals surface area contributed by atoms with Gasteiger partial charge < -0.3 is 15.4 Å². The van der Waals surface area contributed by atoms with Crippen molar-refractivity contribution in [2.75, 3.05) is 32.8 Å². The highest BCUT2D eigenvalue weighted by Gasteiger charge is 2.26. The standard InChI is InChI=1S/C30H40F3N3O2/c1-30(2,33)20-35-13-10-21(11-14-35)19-38-25-8-9-26(28(32)17-25)22-6-7-23(27(31)15-22)18-36-12-4-3-5-24(36)16-29(34)37/h6-9,15,17,21,24H,3-5,10-14,16,18-20H2,1-2H3,(H2,34,37). The number of hydrogen-bond donors (Lipinski definition) is 1. The molecule has 38 heavy (non-hydrogen) atoms. The van der Waals surface area contributed by atoms with Crippen molar-refractivity contribution in [2.24, 2.45) is 11.7 Å². The highest BCUT2D eigenvalue weighted by atomic mass is 19.1. The van der Waals surface area contributed by atoms with Crippen molar-refractivity contribution >= 4 is 5.91 Å². The summed E-state index contributed by atoms with van der Waals surface area (Å²) in [6.07, 6.45) is 5.03. The molecule has 0 spiro atoms. The number of alkyl halides is 1. The summed E-state index contributed by atoms with van der Waals surface area (Å²) in [6, 6.07) is 9.52. The SMILES string of the molecule is CC(C)(F)CN1CCC(COc2ccc(-c3ccc(CN4CCCCC4CC(N)=O)c(F)c3)c(F)c2)CC1. The summed E-state index contributed by atoms with van der Waals surface area (Å²) in [7, 11) is 0. The molecule has 8 heteroatoms. The molecule has 2 aromatic rings. The maximum absolute atomic E-state index is 15.0. The molecule has 2 aliphatic heterocycles. The van der Waals surface area contributed by atoms with Crippen molar-refractivity contribution in [2.45, 2.75) is 70.6 Å². The van der Waals surface area contributed by atoms with Crippen LogP contribution in [-0.4, -0.2) is 60.2 Å². The maximum atomic E-state index is 15.0. The Morgan fingerprint density at radius 3 is 2.45 bits per heavy atom. The Labute approximate surface area is 224 Å². The number of carbonyl (C=O) groups is 1. The smallest absolute Gasteiger partial charge is 0.218 e. The van der Waals surface area contributed by atoms with E-state index in [1.165, 1.54) is 12.1 Å². The Balaban J connectivity index is 1.33. The summed E-state index contributed by atoms with van der Waals surface area (Å²) < 4.78 is 49.8. The maximum Gasteiger partial charge on any atom is 0.218 e. The quantitative estimate of drug-likeness (QED) is 0.427. The van der Waals surface area contributed by atoms with Gasteiger partial charge >= 0.3 is 0 Å². The van der Waals surface area contributed by atoms with Crippen molar-refractivity contribution in [3.63, 3.8) is 0 Å². The molecular weight excluding hydrogens is 491 g/mol.